The molecule has 5 heteroatoms. The molecule has 1 aromatic carbocycles. The van der Waals surface area contributed by atoms with Crippen LogP contribution in [-0.4, -0.2) is 42.9 Å². The molecule has 5 nitrogen and oxygen atoms in total. The first-order chi connectivity index (χ1) is 12.1. The maximum Gasteiger partial charge on any atom is 0.191 e. The van der Waals surface area contributed by atoms with Gasteiger partial charge in [0.05, 0.1) is 25.4 Å². The molecule has 2 rings (SSSR count). The molecule has 1 unspecified atom stereocenters. The Kier molecular flexibility index (Phi) is 8.22. The third kappa shape index (κ3) is 7.45. The molecule has 0 aliphatic heterocycles. The lowest BCUT2D eigenvalue weighted by atomic mass is 10.0. The average Bonchev–Trinajstić information content (AvgIpc) is 3.05. The number of guanidine groups is 1. The molecule has 1 atom stereocenters. The zero-order valence-electron chi connectivity index (χ0n) is 15.6. The summed E-state index contributed by atoms with van der Waals surface area (Å²) in [4.78, 5) is 4.57. The summed E-state index contributed by atoms with van der Waals surface area (Å²) in [7, 11) is 0. The fourth-order valence-corrected chi connectivity index (χ4v) is 3.04. The highest BCUT2D eigenvalue weighted by atomic mass is 16.5. The topological polar surface area (TPSA) is 65.9 Å². The van der Waals surface area contributed by atoms with Crippen molar-refractivity contribution in [2.24, 2.45) is 10.9 Å². The average molecular weight is 348 g/mol. The number of nitrogens with one attached hydrogen (secondary N) is 2. The molecule has 0 heterocycles. The quantitative estimate of drug-likeness (QED) is 0.475. The van der Waals surface area contributed by atoms with Gasteiger partial charge in [0.15, 0.2) is 5.96 Å². The van der Waals surface area contributed by atoms with Gasteiger partial charge in [-0.05, 0) is 31.2 Å². The van der Waals surface area contributed by atoms with Crippen molar-refractivity contribution in [1.82, 2.24) is 10.6 Å². The summed E-state index contributed by atoms with van der Waals surface area (Å²) in [6.45, 7) is 7.63. The molecule has 0 radical (unpaired) electrons. The predicted molar refractivity (Wildman–Crippen MR) is 103 cm³/mol. The number of nitrogens with zero attached hydrogens (tertiary/aromatic N) is 1. The number of ether oxygens (including phenoxy) is 1. The molecule has 0 saturated heterocycles. The predicted octanol–water partition coefficient (Wildman–Crippen LogP) is 2.70. The van der Waals surface area contributed by atoms with E-state index in [1.54, 1.807) is 0 Å². The number of benzene rings is 1. The Balaban J connectivity index is 1.70. The van der Waals surface area contributed by atoms with Gasteiger partial charge in [-0.25, -0.2) is 0 Å². The van der Waals surface area contributed by atoms with Gasteiger partial charge in [0.2, 0.25) is 0 Å². The normalized spacial score (nSPS) is 18.1. The summed E-state index contributed by atoms with van der Waals surface area (Å²) >= 11 is 0. The number of hydrogen-bond acceptors (Lipinski definition) is 3. The van der Waals surface area contributed by atoms with E-state index in [0.717, 1.165) is 44.7 Å². The van der Waals surface area contributed by atoms with Crippen molar-refractivity contribution in [1.29, 1.82) is 0 Å². The zero-order chi connectivity index (χ0) is 18.0. The summed E-state index contributed by atoms with van der Waals surface area (Å²) < 4.78 is 5.79. The van der Waals surface area contributed by atoms with E-state index >= 15 is 0 Å². The van der Waals surface area contributed by atoms with Gasteiger partial charge in [-0.2, -0.15) is 0 Å². The fraction of sp³-hybridized carbons (Fsp3) is 0.650. The van der Waals surface area contributed by atoms with Gasteiger partial charge in [0.25, 0.3) is 0 Å². The Hall–Kier alpha value is -1.59. The van der Waals surface area contributed by atoms with Crippen LogP contribution >= 0.6 is 0 Å². The third-order valence-electron chi connectivity index (χ3n) is 4.54. The van der Waals surface area contributed by atoms with Gasteiger partial charge in [0.1, 0.15) is 0 Å². The first kappa shape index (κ1) is 19.7. The van der Waals surface area contributed by atoms with Crippen LogP contribution in [0.2, 0.25) is 0 Å². The van der Waals surface area contributed by atoms with Crippen LogP contribution in [0, 0.1) is 5.92 Å². The van der Waals surface area contributed by atoms with E-state index in [4.69, 9.17) is 4.74 Å². The van der Waals surface area contributed by atoms with Crippen LogP contribution in [0.4, 0.5) is 0 Å². The molecule has 25 heavy (non-hydrogen) atoms. The van der Waals surface area contributed by atoms with Crippen LogP contribution in [0.3, 0.4) is 0 Å². The van der Waals surface area contributed by atoms with Crippen molar-refractivity contribution in [2.45, 2.75) is 51.7 Å². The van der Waals surface area contributed by atoms with E-state index in [0.29, 0.717) is 25.7 Å². The fourth-order valence-electron chi connectivity index (χ4n) is 3.04. The molecule has 0 spiro atoms. The van der Waals surface area contributed by atoms with Gasteiger partial charge in [-0.3, -0.25) is 4.99 Å². The molecular formula is C20H33N3O2. The van der Waals surface area contributed by atoms with Gasteiger partial charge >= 0.3 is 0 Å². The first-order valence-electron chi connectivity index (χ1n) is 9.47. The minimum Gasteiger partial charge on any atom is -0.388 e. The molecular weight excluding hydrogens is 314 g/mol. The van der Waals surface area contributed by atoms with Crippen LogP contribution in [0.5, 0.6) is 0 Å². The van der Waals surface area contributed by atoms with E-state index < -0.39 is 5.60 Å². The van der Waals surface area contributed by atoms with Gasteiger partial charge in [-0.1, -0.05) is 50.1 Å². The molecule has 3 N–H and O–H groups in total. The molecule has 1 aliphatic carbocycles. The smallest absolute Gasteiger partial charge is 0.191 e. The second-order valence-corrected chi connectivity index (χ2v) is 7.11. The molecule has 1 saturated carbocycles. The number of aliphatic imine (C=N–C) groups is 1. The summed E-state index contributed by atoms with van der Waals surface area (Å²) in [5, 5.41) is 17.0. The second kappa shape index (κ2) is 10.4. The van der Waals surface area contributed by atoms with Crippen molar-refractivity contribution in [3.63, 3.8) is 0 Å². The van der Waals surface area contributed by atoms with Crippen molar-refractivity contribution in [3.05, 3.63) is 35.9 Å². The van der Waals surface area contributed by atoms with Crippen LogP contribution in [0.25, 0.3) is 0 Å². The van der Waals surface area contributed by atoms with Crippen molar-refractivity contribution >= 4 is 5.96 Å². The summed E-state index contributed by atoms with van der Waals surface area (Å²) in [6.07, 6.45) is 3.93. The lowest BCUT2D eigenvalue weighted by Crippen LogP contribution is -2.41. The lowest BCUT2D eigenvalue weighted by molar-refractivity contribution is 0.0574. The third-order valence-corrected chi connectivity index (χ3v) is 4.54. The van der Waals surface area contributed by atoms with E-state index in [2.05, 4.69) is 34.7 Å². The molecule has 140 valence electrons. The number of hydrogen-bond donors (Lipinski definition) is 3. The summed E-state index contributed by atoms with van der Waals surface area (Å²) in [5.74, 6) is 1.15. The van der Waals surface area contributed by atoms with Crippen LogP contribution in [0.1, 0.15) is 45.1 Å². The highest BCUT2D eigenvalue weighted by Crippen LogP contribution is 2.29. The van der Waals surface area contributed by atoms with Crippen molar-refractivity contribution < 1.29 is 9.84 Å². The standard InChI is InChI=1S/C20H33N3O2/c1-3-21-19(23-16-20(24)11-7-8-12-20)22-13-17(2)14-25-15-18-9-5-4-6-10-18/h4-6,9-10,17,24H,3,7-8,11-16H2,1-2H3,(H2,21,22,23). The Morgan fingerprint density at radius 2 is 1.96 bits per heavy atom. The Morgan fingerprint density at radius 1 is 1.24 bits per heavy atom. The molecule has 1 aromatic rings. The minimum absolute atomic E-state index is 0.377. The first-order valence-corrected chi connectivity index (χ1v) is 9.47. The molecule has 1 fully saturated rings. The second-order valence-electron chi connectivity index (χ2n) is 7.11. The van der Waals surface area contributed by atoms with Crippen molar-refractivity contribution in [3.8, 4) is 0 Å². The Bertz CT molecular complexity index is 513. The van der Waals surface area contributed by atoms with E-state index in [1.165, 1.54) is 5.56 Å². The maximum atomic E-state index is 10.4. The number of rotatable bonds is 9. The van der Waals surface area contributed by atoms with Crippen LogP contribution < -0.4 is 10.6 Å². The number of aliphatic hydroxyl groups is 1. The SMILES string of the molecule is CCNC(=NCC1(O)CCCC1)NCC(C)COCc1ccccc1. The highest BCUT2D eigenvalue weighted by molar-refractivity contribution is 5.79. The van der Waals surface area contributed by atoms with Gasteiger partial charge in [-0.15, -0.1) is 0 Å². The molecule has 0 aromatic heterocycles. The minimum atomic E-state index is -0.604. The monoisotopic (exact) mass is 347 g/mol. The van der Waals surface area contributed by atoms with Crippen LogP contribution in [0.15, 0.2) is 35.3 Å². The van der Waals surface area contributed by atoms with Crippen molar-refractivity contribution in [2.75, 3.05) is 26.2 Å². The van der Waals surface area contributed by atoms with Crippen LogP contribution in [-0.2, 0) is 11.3 Å². The van der Waals surface area contributed by atoms with E-state index in [1.807, 2.05) is 25.1 Å². The van der Waals surface area contributed by atoms with Gasteiger partial charge in [0, 0.05) is 13.1 Å². The molecule has 0 amide bonds. The lowest BCUT2D eigenvalue weighted by Gasteiger charge is -2.21. The molecule has 0 bridgehead atoms. The van der Waals surface area contributed by atoms with E-state index in [-0.39, 0.29) is 0 Å². The largest absolute Gasteiger partial charge is 0.388 e. The Morgan fingerprint density at radius 3 is 2.64 bits per heavy atom. The zero-order valence-corrected chi connectivity index (χ0v) is 15.6. The maximum absolute atomic E-state index is 10.4. The Labute approximate surface area is 151 Å². The summed E-state index contributed by atoms with van der Waals surface area (Å²) in [5.41, 5.74) is 0.592. The summed E-state index contributed by atoms with van der Waals surface area (Å²) in [6, 6.07) is 10.2. The van der Waals surface area contributed by atoms with Gasteiger partial charge < -0.3 is 20.5 Å². The van der Waals surface area contributed by atoms with E-state index in [9.17, 15) is 5.11 Å². The molecule has 1 aliphatic rings. The highest BCUT2D eigenvalue weighted by Gasteiger charge is 2.30.